The Balaban J connectivity index is 1.50. The fraction of sp³-hybridized carbons (Fsp3) is 0.111. The lowest BCUT2D eigenvalue weighted by molar-refractivity contribution is 0.0985. The highest BCUT2D eigenvalue weighted by Crippen LogP contribution is 2.33. The second-order valence-corrected chi connectivity index (χ2v) is 7.96. The van der Waals surface area contributed by atoms with Gasteiger partial charge in [0.15, 0.2) is 0 Å². The summed E-state index contributed by atoms with van der Waals surface area (Å²) in [5.41, 5.74) is 11.5. The number of amides is 1. The number of nitrogens with two attached hydrogens (primary N) is 1. The van der Waals surface area contributed by atoms with Gasteiger partial charge in [-0.25, -0.2) is 0 Å². The van der Waals surface area contributed by atoms with Gasteiger partial charge < -0.3 is 10.6 Å². The number of amidine groups is 1. The third kappa shape index (κ3) is 3.57. The van der Waals surface area contributed by atoms with E-state index in [0.29, 0.717) is 17.7 Å². The van der Waals surface area contributed by atoms with Crippen molar-refractivity contribution in [3.05, 3.63) is 102 Å². The molecular formula is C27H23N3O. The summed E-state index contributed by atoms with van der Waals surface area (Å²) in [6.45, 7) is 0.710. The van der Waals surface area contributed by atoms with Crippen molar-refractivity contribution in [2.45, 2.75) is 12.8 Å². The van der Waals surface area contributed by atoms with Gasteiger partial charge in [-0.3, -0.25) is 10.2 Å². The molecule has 1 heterocycles. The summed E-state index contributed by atoms with van der Waals surface area (Å²) in [7, 11) is 0. The number of anilines is 1. The van der Waals surface area contributed by atoms with Gasteiger partial charge in [-0.1, -0.05) is 54.6 Å². The summed E-state index contributed by atoms with van der Waals surface area (Å²) in [4.78, 5) is 15.3. The molecule has 0 aromatic heterocycles. The molecule has 0 atom stereocenters. The smallest absolute Gasteiger partial charge is 0.258 e. The molecule has 0 spiro atoms. The van der Waals surface area contributed by atoms with Crippen LogP contribution in [0.4, 0.5) is 5.69 Å². The van der Waals surface area contributed by atoms with E-state index in [1.807, 2.05) is 59.5 Å². The Morgan fingerprint density at radius 3 is 2.32 bits per heavy atom. The Bertz CT molecular complexity index is 1310. The Kier molecular flexibility index (Phi) is 4.75. The molecule has 5 rings (SSSR count). The standard InChI is InChI=1S/C27H23N3O/c28-26(29)22-10-8-19-9-11-23(17-24(19)16-22)27(31)30-14-4-7-21-15-20(12-13-25(21)30)18-5-2-1-3-6-18/h1-3,5-6,8-13,15-17H,4,7,14H2,(H3,28,29). The third-order valence-corrected chi connectivity index (χ3v) is 5.95. The highest BCUT2D eigenvalue weighted by molar-refractivity contribution is 6.09. The number of carbonyl (C=O) groups excluding carboxylic acids is 1. The van der Waals surface area contributed by atoms with Gasteiger partial charge in [-0.2, -0.15) is 0 Å². The molecule has 1 aliphatic heterocycles. The number of rotatable bonds is 3. The van der Waals surface area contributed by atoms with Gasteiger partial charge in [0, 0.05) is 23.4 Å². The van der Waals surface area contributed by atoms with Gasteiger partial charge >= 0.3 is 0 Å². The number of benzene rings is 4. The number of aryl methyl sites for hydroxylation is 1. The maximum Gasteiger partial charge on any atom is 0.258 e. The van der Waals surface area contributed by atoms with E-state index in [4.69, 9.17) is 11.1 Å². The Labute approximate surface area is 181 Å². The Hall–Kier alpha value is -3.92. The summed E-state index contributed by atoms with van der Waals surface area (Å²) in [6, 6.07) is 28.1. The fourth-order valence-corrected chi connectivity index (χ4v) is 4.32. The van der Waals surface area contributed by atoms with Crippen molar-refractivity contribution < 1.29 is 4.79 Å². The molecule has 4 aromatic rings. The van der Waals surface area contributed by atoms with Gasteiger partial charge in [0.2, 0.25) is 0 Å². The van der Waals surface area contributed by atoms with Crippen molar-refractivity contribution in [2.75, 3.05) is 11.4 Å². The molecule has 0 bridgehead atoms. The van der Waals surface area contributed by atoms with Crippen LogP contribution in [0, 0.1) is 5.41 Å². The molecule has 4 nitrogen and oxygen atoms in total. The molecule has 0 fully saturated rings. The molecule has 1 amide bonds. The molecular weight excluding hydrogens is 382 g/mol. The Morgan fingerprint density at radius 1 is 0.806 bits per heavy atom. The maximum absolute atomic E-state index is 13.4. The molecule has 31 heavy (non-hydrogen) atoms. The van der Waals surface area contributed by atoms with Gasteiger partial charge in [0.25, 0.3) is 5.91 Å². The predicted octanol–water partition coefficient (Wildman–Crippen LogP) is 5.38. The highest BCUT2D eigenvalue weighted by Gasteiger charge is 2.24. The molecule has 4 aromatic carbocycles. The van der Waals surface area contributed by atoms with Crippen LogP contribution in [-0.2, 0) is 6.42 Å². The molecule has 0 aliphatic carbocycles. The van der Waals surface area contributed by atoms with Crippen LogP contribution in [0.1, 0.15) is 27.9 Å². The maximum atomic E-state index is 13.4. The Morgan fingerprint density at radius 2 is 1.55 bits per heavy atom. The second kappa shape index (κ2) is 7.73. The molecule has 0 unspecified atom stereocenters. The largest absolute Gasteiger partial charge is 0.384 e. The van der Waals surface area contributed by atoms with Gasteiger partial charge in [-0.05, 0) is 70.6 Å². The van der Waals surface area contributed by atoms with Gasteiger partial charge in [0.1, 0.15) is 5.84 Å². The summed E-state index contributed by atoms with van der Waals surface area (Å²) in [5.74, 6) is 0.0290. The number of hydrogen-bond donors (Lipinski definition) is 2. The number of nitrogen functional groups attached to an aromatic ring is 1. The van der Waals surface area contributed by atoms with E-state index in [2.05, 4.69) is 30.3 Å². The van der Waals surface area contributed by atoms with Crippen LogP contribution in [0.5, 0.6) is 0 Å². The second-order valence-electron chi connectivity index (χ2n) is 7.96. The zero-order valence-corrected chi connectivity index (χ0v) is 17.1. The molecule has 0 radical (unpaired) electrons. The first-order valence-electron chi connectivity index (χ1n) is 10.5. The first kappa shape index (κ1) is 19.1. The monoisotopic (exact) mass is 405 g/mol. The van der Waals surface area contributed by atoms with Crippen molar-refractivity contribution in [2.24, 2.45) is 5.73 Å². The number of nitrogens with zero attached hydrogens (tertiary/aromatic N) is 1. The molecule has 4 heteroatoms. The van der Waals surface area contributed by atoms with Crippen molar-refractivity contribution >= 4 is 28.2 Å². The van der Waals surface area contributed by atoms with Gasteiger partial charge in [0.05, 0.1) is 0 Å². The molecule has 1 aliphatic rings. The van der Waals surface area contributed by atoms with E-state index in [0.717, 1.165) is 29.3 Å². The zero-order valence-electron chi connectivity index (χ0n) is 17.1. The van der Waals surface area contributed by atoms with E-state index in [-0.39, 0.29) is 11.7 Å². The van der Waals surface area contributed by atoms with Crippen LogP contribution in [-0.4, -0.2) is 18.3 Å². The average molecular weight is 406 g/mol. The lowest BCUT2D eigenvalue weighted by Gasteiger charge is -2.30. The van der Waals surface area contributed by atoms with Crippen LogP contribution in [0.25, 0.3) is 21.9 Å². The minimum atomic E-state index is 0.00328. The minimum absolute atomic E-state index is 0.00328. The summed E-state index contributed by atoms with van der Waals surface area (Å²) in [5, 5.41) is 9.61. The molecule has 0 saturated carbocycles. The van der Waals surface area contributed by atoms with E-state index < -0.39 is 0 Å². The average Bonchev–Trinajstić information content (AvgIpc) is 2.82. The first-order chi connectivity index (χ1) is 15.1. The quantitative estimate of drug-likeness (QED) is 0.355. The van der Waals surface area contributed by atoms with Crippen LogP contribution in [0.15, 0.2) is 84.9 Å². The molecule has 3 N–H and O–H groups in total. The van der Waals surface area contributed by atoms with Gasteiger partial charge in [-0.15, -0.1) is 0 Å². The minimum Gasteiger partial charge on any atom is -0.384 e. The lowest BCUT2D eigenvalue weighted by Crippen LogP contribution is -2.35. The normalized spacial score (nSPS) is 13.1. The number of fused-ring (bicyclic) bond motifs is 2. The summed E-state index contributed by atoms with van der Waals surface area (Å²) in [6.07, 6.45) is 1.92. The predicted molar refractivity (Wildman–Crippen MR) is 127 cm³/mol. The van der Waals surface area contributed by atoms with Crippen molar-refractivity contribution in [3.8, 4) is 11.1 Å². The lowest BCUT2D eigenvalue weighted by atomic mass is 9.95. The number of hydrogen-bond acceptors (Lipinski definition) is 2. The summed E-state index contributed by atoms with van der Waals surface area (Å²) >= 11 is 0. The van der Waals surface area contributed by atoms with Crippen LogP contribution in [0.2, 0.25) is 0 Å². The van der Waals surface area contributed by atoms with E-state index >= 15 is 0 Å². The van der Waals surface area contributed by atoms with Crippen LogP contribution in [0.3, 0.4) is 0 Å². The van der Waals surface area contributed by atoms with Crippen molar-refractivity contribution in [1.82, 2.24) is 0 Å². The third-order valence-electron chi connectivity index (χ3n) is 5.95. The topological polar surface area (TPSA) is 70.2 Å². The van der Waals surface area contributed by atoms with Crippen molar-refractivity contribution in [3.63, 3.8) is 0 Å². The van der Waals surface area contributed by atoms with Crippen molar-refractivity contribution in [1.29, 1.82) is 5.41 Å². The van der Waals surface area contributed by atoms with E-state index in [1.165, 1.54) is 16.7 Å². The summed E-state index contributed by atoms with van der Waals surface area (Å²) < 4.78 is 0. The molecule has 0 saturated heterocycles. The number of nitrogens with one attached hydrogen (secondary N) is 1. The van der Waals surface area contributed by atoms with Crippen LogP contribution < -0.4 is 10.6 Å². The van der Waals surface area contributed by atoms with E-state index in [9.17, 15) is 4.79 Å². The number of carbonyl (C=O) groups is 1. The molecule has 152 valence electrons. The zero-order chi connectivity index (χ0) is 21.4. The fourth-order valence-electron chi connectivity index (χ4n) is 4.32. The van der Waals surface area contributed by atoms with Crippen LogP contribution >= 0.6 is 0 Å². The SMILES string of the molecule is N=C(N)c1ccc2ccc(C(=O)N3CCCc4cc(-c5ccccc5)ccc43)cc2c1. The highest BCUT2D eigenvalue weighted by atomic mass is 16.2. The first-order valence-corrected chi connectivity index (χ1v) is 10.5. The van der Waals surface area contributed by atoms with E-state index in [1.54, 1.807) is 0 Å².